The Labute approximate surface area is 189 Å². The molecule has 2 spiro atoms. The van der Waals surface area contributed by atoms with E-state index in [2.05, 4.69) is 34.5 Å². The van der Waals surface area contributed by atoms with Crippen molar-refractivity contribution in [1.29, 1.82) is 0 Å². The van der Waals surface area contributed by atoms with Gasteiger partial charge in [-0.05, 0) is 117 Å². The number of hydrogen-bond acceptors (Lipinski definition) is 2. The lowest BCUT2D eigenvalue weighted by Crippen LogP contribution is -2.48. The van der Waals surface area contributed by atoms with Gasteiger partial charge in [-0.15, -0.1) is 0 Å². The van der Waals surface area contributed by atoms with Crippen LogP contribution < -0.4 is 5.32 Å². The fourth-order valence-electron chi connectivity index (χ4n) is 8.29. The number of hydrogen-bond donors (Lipinski definition) is 1. The SMILES string of the molecule is CN(C)C(=O)NC1CCC2(CCN(CCC3CC45CC4CCC35)CC2)c2ccccc21.[HH]. The summed E-state index contributed by atoms with van der Waals surface area (Å²) in [4.78, 5) is 16.7. The number of fused-ring (bicyclic) bond motifs is 2. The van der Waals surface area contributed by atoms with E-state index in [0.717, 1.165) is 29.6 Å². The van der Waals surface area contributed by atoms with E-state index >= 15 is 0 Å². The van der Waals surface area contributed by atoms with Gasteiger partial charge in [0, 0.05) is 15.5 Å². The predicted molar refractivity (Wildman–Crippen MR) is 126 cm³/mol. The highest BCUT2D eigenvalue weighted by atomic mass is 16.2. The number of likely N-dealkylation sites (tertiary alicyclic amines) is 1. The van der Waals surface area contributed by atoms with E-state index in [1.165, 1.54) is 56.4 Å². The molecule has 4 aliphatic carbocycles. The van der Waals surface area contributed by atoms with Gasteiger partial charge < -0.3 is 15.1 Å². The van der Waals surface area contributed by atoms with Crippen molar-refractivity contribution in [2.24, 2.45) is 23.2 Å². The molecule has 1 aliphatic heterocycles. The molecule has 4 fully saturated rings. The first kappa shape index (κ1) is 20.1. The predicted octanol–water partition coefficient (Wildman–Crippen LogP) is 5.20. The molecule has 2 amide bonds. The molecule has 1 aromatic carbocycles. The summed E-state index contributed by atoms with van der Waals surface area (Å²) in [6, 6.07) is 9.10. The molecule has 5 atom stereocenters. The van der Waals surface area contributed by atoms with Crippen molar-refractivity contribution in [2.75, 3.05) is 33.7 Å². The van der Waals surface area contributed by atoms with Gasteiger partial charge in [0.1, 0.15) is 0 Å². The third-order valence-electron chi connectivity index (χ3n) is 10.2. The van der Waals surface area contributed by atoms with E-state index in [0.29, 0.717) is 5.41 Å². The van der Waals surface area contributed by atoms with Gasteiger partial charge in [0.25, 0.3) is 0 Å². The van der Waals surface area contributed by atoms with Crippen LogP contribution in [0.3, 0.4) is 0 Å². The van der Waals surface area contributed by atoms with Crippen LogP contribution in [0.15, 0.2) is 24.3 Å². The van der Waals surface area contributed by atoms with Crippen LogP contribution in [-0.4, -0.2) is 49.6 Å². The number of urea groups is 1. The van der Waals surface area contributed by atoms with Gasteiger partial charge in [-0.2, -0.15) is 0 Å². The van der Waals surface area contributed by atoms with Crippen LogP contribution >= 0.6 is 0 Å². The maximum atomic E-state index is 12.3. The van der Waals surface area contributed by atoms with Crippen molar-refractivity contribution < 1.29 is 6.22 Å². The fraction of sp³-hybridized carbons (Fsp3) is 0.741. The first-order valence-electron chi connectivity index (χ1n) is 12.8. The summed E-state index contributed by atoms with van der Waals surface area (Å²) < 4.78 is 0. The van der Waals surface area contributed by atoms with Crippen LogP contribution in [0.1, 0.15) is 76.4 Å². The van der Waals surface area contributed by atoms with Gasteiger partial charge in [-0.1, -0.05) is 24.3 Å². The first-order valence-corrected chi connectivity index (χ1v) is 12.8. The lowest BCUT2D eigenvalue weighted by Gasteiger charge is -2.48. The Hall–Kier alpha value is -1.55. The molecule has 0 bridgehead atoms. The van der Waals surface area contributed by atoms with Crippen molar-refractivity contribution in [3.05, 3.63) is 35.4 Å². The van der Waals surface area contributed by atoms with E-state index in [1.807, 2.05) is 14.1 Å². The minimum Gasteiger partial charge on any atom is -0.331 e. The topological polar surface area (TPSA) is 35.6 Å². The molecule has 1 aromatic rings. The van der Waals surface area contributed by atoms with Crippen molar-refractivity contribution in [3.63, 3.8) is 0 Å². The first-order chi connectivity index (χ1) is 15.0. The molecule has 6 rings (SSSR count). The van der Waals surface area contributed by atoms with Gasteiger partial charge in [0.05, 0.1) is 6.04 Å². The second-order valence-electron chi connectivity index (χ2n) is 11.7. The van der Waals surface area contributed by atoms with Gasteiger partial charge in [0.2, 0.25) is 0 Å². The standard InChI is InChI=1S/C27H39N3O.H2/c1-29(2)25(31)28-24-9-11-26(23-6-4-3-5-21(23)24)12-15-30(16-13-26)14-10-19-17-27-18-20(27)7-8-22(19)27;/h3-6,19-20,22,24H,7-18H2,1-2H3,(H,28,31);1H. The van der Waals surface area contributed by atoms with Crippen LogP contribution in [0, 0.1) is 23.2 Å². The summed E-state index contributed by atoms with van der Waals surface area (Å²) in [5.74, 6) is 3.29. The average molecular weight is 424 g/mol. The Morgan fingerprint density at radius 1 is 1.13 bits per heavy atom. The second kappa shape index (κ2) is 7.23. The molecule has 1 saturated heterocycles. The summed E-state index contributed by atoms with van der Waals surface area (Å²) in [6.07, 6.45) is 12.5. The summed E-state index contributed by atoms with van der Waals surface area (Å²) in [5, 5.41) is 3.25. The summed E-state index contributed by atoms with van der Waals surface area (Å²) in [7, 11) is 3.64. The minimum absolute atomic E-state index is 0. The molecule has 0 radical (unpaired) electrons. The Balaban J connectivity index is 0.00000216. The number of amides is 2. The Bertz CT molecular complexity index is 862. The van der Waals surface area contributed by atoms with Crippen LogP contribution in [0.25, 0.3) is 0 Å². The maximum absolute atomic E-state index is 12.3. The monoisotopic (exact) mass is 423 g/mol. The third kappa shape index (κ3) is 3.15. The van der Waals surface area contributed by atoms with Crippen LogP contribution in [-0.2, 0) is 5.41 Å². The highest BCUT2D eigenvalue weighted by Crippen LogP contribution is 2.78. The molecule has 1 heterocycles. The van der Waals surface area contributed by atoms with E-state index in [-0.39, 0.29) is 13.5 Å². The molecular formula is C27H41N3O. The van der Waals surface area contributed by atoms with Crippen LogP contribution in [0.2, 0.25) is 0 Å². The van der Waals surface area contributed by atoms with Crippen LogP contribution in [0.5, 0.6) is 0 Å². The second-order valence-corrected chi connectivity index (χ2v) is 11.7. The molecule has 0 aromatic heterocycles. The van der Waals surface area contributed by atoms with Crippen molar-refractivity contribution >= 4 is 6.03 Å². The zero-order chi connectivity index (χ0) is 21.2. The summed E-state index contributed by atoms with van der Waals surface area (Å²) in [5.41, 5.74) is 4.06. The number of rotatable bonds is 4. The van der Waals surface area contributed by atoms with Gasteiger partial charge in [-0.25, -0.2) is 4.79 Å². The van der Waals surface area contributed by atoms with E-state index in [1.54, 1.807) is 30.6 Å². The molecule has 5 aliphatic rings. The minimum atomic E-state index is 0. The van der Waals surface area contributed by atoms with Crippen LogP contribution in [0.4, 0.5) is 4.79 Å². The van der Waals surface area contributed by atoms with E-state index < -0.39 is 0 Å². The summed E-state index contributed by atoms with van der Waals surface area (Å²) in [6.45, 7) is 3.81. The van der Waals surface area contributed by atoms with E-state index in [9.17, 15) is 4.79 Å². The normalized spacial score (nSPS) is 37.4. The lowest BCUT2D eigenvalue weighted by molar-refractivity contribution is 0.0382. The molecule has 3 saturated carbocycles. The van der Waals surface area contributed by atoms with Gasteiger partial charge in [-0.3, -0.25) is 0 Å². The molecule has 31 heavy (non-hydrogen) atoms. The van der Waals surface area contributed by atoms with Crippen molar-refractivity contribution in [2.45, 2.75) is 69.2 Å². The number of nitrogens with one attached hydrogen (secondary N) is 1. The largest absolute Gasteiger partial charge is 0.331 e. The smallest absolute Gasteiger partial charge is 0.317 e. The zero-order valence-corrected chi connectivity index (χ0v) is 19.4. The molecule has 170 valence electrons. The fourth-order valence-corrected chi connectivity index (χ4v) is 8.29. The molecule has 4 heteroatoms. The molecule has 4 nitrogen and oxygen atoms in total. The number of nitrogens with zero attached hydrogens (tertiary/aromatic N) is 2. The lowest BCUT2D eigenvalue weighted by atomic mass is 9.61. The van der Waals surface area contributed by atoms with Gasteiger partial charge in [0.15, 0.2) is 0 Å². The average Bonchev–Trinajstić information content (AvgIpc) is 3.43. The highest BCUT2D eigenvalue weighted by Gasteiger charge is 2.70. The number of carbonyl (C=O) groups is 1. The Kier molecular flexibility index (Phi) is 4.68. The number of piperidine rings is 1. The highest BCUT2D eigenvalue weighted by molar-refractivity contribution is 5.74. The summed E-state index contributed by atoms with van der Waals surface area (Å²) >= 11 is 0. The zero-order valence-electron chi connectivity index (χ0n) is 19.4. The molecule has 1 N–H and O–H groups in total. The third-order valence-corrected chi connectivity index (χ3v) is 10.2. The van der Waals surface area contributed by atoms with Crippen molar-refractivity contribution in [1.82, 2.24) is 15.1 Å². The van der Waals surface area contributed by atoms with E-state index in [4.69, 9.17) is 0 Å². The number of benzene rings is 1. The quantitative estimate of drug-likeness (QED) is 0.723. The van der Waals surface area contributed by atoms with Crippen molar-refractivity contribution in [3.8, 4) is 0 Å². The molecule has 5 unspecified atom stereocenters. The van der Waals surface area contributed by atoms with Gasteiger partial charge >= 0.3 is 6.03 Å². The number of carbonyl (C=O) groups excluding carboxylic acids is 1. The maximum Gasteiger partial charge on any atom is 0.317 e. The molecular weight excluding hydrogens is 382 g/mol. The Morgan fingerprint density at radius 2 is 1.94 bits per heavy atom. The Morgan fingerprint density at radius 3 is 2.68 bits per heavy atom.